The molecule has 0 saturated carbocycles. The Kier molecular flexibility index (Phi) is 4.13. The van der Waals surface area contributed by atoms with Crippen LogP contribution < -0.4 is 0 Å². The summed E-state index contributed by atoms with van der Waals surface area (Å²) in [5, 5.41) is 1.27. The summed E-state index contributed by atoms with van der Waals surface area (Å²) in [4.78, 5) is 0. The van der Waals surface area contributed by atoms with Crippen LogP contribution in [-0.2, 0) is 11.3 Å². The zero-order valence-corrected chi connectivity index (χ0v) is 13.0. The summed E-state index contributed by atoms with van der Waals surface area (Å²) in [5.74, 6) is 0. The predicted molar refractivity (Wildman–Crippen MR) is 79.9 cm³/mol. The van der Waals surface area contributed by atoms with E-state index in [1.165, 1.54) is 16.6 Å². The molecule has 0 spiro atoms. The van der Waals surface area contributed by atoms with Crippen LogP contribution in [0.15, 0.2) is 28.7 Å². The minimum atomic E-state index is 0.260. The fraction of sp³-hybridized carbons (Fsp3) is 0.467. The Morgan fingerprint density at radius 1 is 1.17 bits per heavy atom. The van der Waals surface area contributed by atoms with Gasteiger partial charge < -0.3 is 9.30 Å². The fourth-order valence-electron chi connectivity index (χ4n) is 2.22. The maximum absolute atomic E-state index is 5.75. The van der Waals surface area contributed by atoms with Gasteiger partial charge >= 0.3 is 0 Å². The van der Waals surface area contributed by atoms with Crippen molar-refractivity contribution in [3.63, 3.8) is 0 Å². The van der Waals surface area contributed by atoms with Crippen molar-refractivity contribution in [2.24, 2.45) is 0 Å². The summed E-state index contributed by atoms with van der Waals surface area (Å²) in [5.41, 5.74) is 2.51. The van der Waals surface area contributed by atoms with Gasteiger partial charge in [-0.2, -0.15) is 0 Å². The van der Waals surface area contributed by atoms with E-state index in [0.717, 1.165) is 4.47 Å². The van der Waals surface area contributed by atoms with Gasteiger partial charge in [0.1, 0.15) is 0 Å². The lowest BCUT2D eigenvalue weighted by molar-refractivity contribution is 0.0615. The first-order valence-corrected chi connectivity index (χ1v) is 7.19. The smallest absolute Gasteiger partial charge is 0.0871 e. The SMILES string of the molecule is CC(C)OCc1cc2ccc(Br)cc2n1C(C)C. The lowest BCUT2D eigenvalue weighted by atomic mass is 10.2. The van der Waals surface area contributed by atoms with E-state index in [9.17, 15) is 0 Å². The van der Waals surface area contributed by atoms with Crippen LogP contribution >= 0.6 is 15.9 Å². The Labute approximate surface area is 117 Å². The van der Waals surface area contributed by atoms with Crippen LogP contribution in [0.4, 0.5) is 0 Å². The van der Waals surface area contributed by atoms with Crippen molar-refractivity contribution in [2.45, 2.75) is 46.4 Å². The van der Waals surface area contributed by atoms with Gasteiger partial charge in [0.25, 0.3) is 0 Å². The van der Waals surface area contributed by atoms with Gasteiger partial charge in [-0.25, -0.2) is 0 Å². The quantitative estimate of drug-likeness (QED) is 0.782. The Morgan fingerprint density at radius 3 is 2.50 bits per heavy atom. The number of fused-ring (bicyclic) bond motifs is 1. The van der Waals surface area contributed by atoms with E-state index in [2.05, 4.69) is 72.5 Å². The number of nitrogens with zero attached hydrogens (tertiary/aromatic N) is 1. The third-order valence-electron chi connectivity index (χ3n) is 2.96. The number of aromatic nitrogens is 1. The number of hydrogen-bond donors (Lipinski definition) is 0. The van der Waals surface area contributed by atoms with Crippen LogP contribution in [0, 0.1) is 0 Å². The van der Waals surface area contributed by atoms with E-state index in [0.29, 0.717) is 12.6 Å². The number of benzene rings is 1. The first-order chi connectivity index (χ1) is 8.49. The van der Waals surface area contributed by atoms with Crippen LogP contribution in [-0.4, -0.2) is 10.7 Å². The van der Waals surface area contributed by atoms with Crippen LogP contribution in [0.2, 0.25) is 0 Å². The van der Waals surface area contributed by atoms with Gasteiger partial charge in [0, 0.05) is 27.1 Å². The van der Waals surface area contributed by atoms with E-state index < -0.39 is 0 Å². The highest BCUT2D eigenvalue weighted by atomic mass is 79.9. The number of rotatable bonds is 4. The molecule has 1 aromatic carbocycles. The van der Waals surface area contributed by atoms with E-state index >= 15 is 0 Å². The zero-order valence-electron chi connectivity index (χ0n) is 11.4. The molecule has 1 heterocycles. The molecular weight excluding hydrogens is 290 g/mol. The zero-order chi connectivity index (χ0) is 13.3. The maximum atomic E-state index is 5.75. The van der Waals surface area contributed by atoms with Crippen molar-refractivity contribution < 1.29 is 4.74 Å². The van der Waals surface area contributed by atoms with Gasteiger partial charge in [0.2, 0.25) is 0 Å². The second kappa shape index (κ2) is 5.45. The highest BCUT2D eigenvalue weighted by Gasteiger charge is 2.12. The summed E-state index contributed by atoms with van der Waals surface area (Å²) in [6, 6.07) is 9.07. The number of halogens is 1. The summed E-state index contributed by atoms with van der Waals surface area (Å²) in [6.45, 7) is 9.22. The molecule has 2 rings (SSSR count). The molecule has 18 heavy (non-hydrogen) atoms. The number of ether oxygens (including phenoxy) is 1. The van der Waals surface area contributed by atoms with Crippen LogP contribution in [0.5, 0.6) is 0 Å². The van der Waals surface area contributed by atoms with E-state index in [4.69, 9.17) is 4.74 Å². The average Bonchev–Trinajstić information content (AvgIpc) is 2.63. The van der Waals surface area contributed by atoms with Crippen molar-refractivity contribution in [2.75, 3.05) is 0 Å². The van der Waals surface area contributed by atoms with Crippen molar-refractivity contribution in [1.29, 1.82) is 0 Å². The Balaban J connectivity index is 2.48. The molecule has 2 nitrogen and oxygen atoms in total. The Hall–Kier alpha value is -0.800. The molecule has 0 saturated heterocycles. The number of hydrogen-bond acceptors (Lipinski definition) is 1. The Morgan fingerprint density at radius 2 is 1.89 bits per heavy atom. The molecule has 0 atom stereocenters. The van der Waals surface area contributed by atoms with E-state index in [-0.39, 0.29) is 6.10 Å². The van der Waals surface area contributed by atoms with Gasteiger partial charge in [0.05, 0.1) is 12.7 Å². The minimum absolute atomic E-state index is 0.260. The topological polar surface area (TPSA) is 14.2 Å². The van der Waals surface area contributed by atoms with Gasteiger partial charge in [-0.05, 0) is 45.9 Å². The normalized spacial score (nSPS) is 11.9. The Bertz CT molecular complexity index is 543. The molecule has 98 valence electrons. The largest absolute Gasteiger partial charge is 0.373 e. The van der Waals surface area contributed by atoms with Crippen molar-refractivity contribution in [3.05, 3.63) is 34.4 Å². The second-order valence-corrected chi connectivity index (χ2v) is 6.08. The molecule has 1 aromatic heterocycles. The maximum Gasteiger partial charge on any atom is 0.0871 e. The van der Waals surface area contributed by atoms with Gasteiger partial charge in [-0.1, -0.05) is 22.0 Å². The molecular formula is C15H20BrNO. The first-order valence-electron chi connectivity index (χ1n) is 6.40. The third kappa shape index (κ3) is 2.78. The molecule has 0 radical (unpaired) electrons. The standard InChI is InChI=1S/C15H20BrNO/c1-10(2)17-14(9-18-11(3)4)7-12-5-6-13(16)8-15(12)17/h5-8,10-11H,9H2,1-4H3. The summed E-state index contributed by atoms with van der Waals surface area (Å²) < 4.78 is 9.21. The van der Waals surface area contributed by atoms with Crippen molar-refractivity contribution in [1.82, 2.24) is 4.57 Å². The molecule has 0 fully saturated rings. The van der Waals surface area contributed by atoms with Crippen molar-refractivity contribution in [3.8, 4) is 0 Å². The predicted octanol–water partition coefficient (Wildman–Crippen LogP) is 4.91. The summed E-state index contributed by atoms with van der Waals surface area (Å²) in [7, 11) is 0. The van der Waals surface area contributed by atoms with Gasteiger partial charge in [0.15, 0.2) is 0 Å². The van der Waals surface area contributed by atoms with Crippen LogP contribution in [0.1, 0.15) is 39.4 Å². The average molecular weight is 310 g/mol. The van der Waals surface area contributed by atoms with E-state index in [1.54, 1.807) is 0 Å². The van der Waals surface area contributed by atoms with Crippen molar-refractivity contribution >= 4 is 26.8 Å². The molecule has 0 unspecified atom stereocenters. The van der Waals surface area contributed by atoms with Gasteiger partial charge in [-0.15, -0.1) is 0 Å². The third-order valence-corrected chi connectivity index (χ3v) is 3.46. The summed E-state index contributed by atoms with van der Waals surface area (Å²) in [6.07, 6.45) is 0.260. The molecule has 2 aromatic rings. The second-order valence-electron chi connectivity index (χ2n) is 5.16. The first kappa shape index (κ1) is 13.6. The summed E-state index contributed by atoms with van der Waals surface area (Å²) >= 11 is 3.54. The van der Waals surface area contributed by atoms with E-state index in [1.807, 2.05) is 0 Å². The van der Waals surface area contributed by atoms with Crippen LogP contribution in [0.25, 0.3) is 10.9 Å². The highest BCUT2D eigenvalue weighted by Crippen LogP contribution is 2.27. The molecule has 0 aliphatic heterocycles. The lowest BCUT2D eigenvalue weighted by Crippen LogP contribution is -2.09. The molecule has 3 heteroatoms. The molecule has 0 aliphatic rings. The molecule has 0 bridgehead atoms. The molecule has 0 N–H and O–H groups in total. The van der Waals surface area contributed by atoms with Crippen LogP contribution in [0.3, 0.4) is 0 Å². The fourth-order valence-corrected chi connectivity index (χ4v) is 2.57. The van der Waals surface area contributed by atoms with Gasteiger partial charge in [-0.3, -0.25) is 0 Å². The monoisotopic (exact) mass is 309 g/mol. The molecule has 0 amide bonds. The lowest BCUT2D eigenvalue weighted by Gasteiger charge is -2.16. The minimum Gasteiger partial charge on any atom is -0.373 e. The highest BCUT2D eigenvalue weighted by molar-refractivity contribution is 9.10. The molecule has 0 aliphatic carbocycles.